The number of nitrogens with zero attached hydrogens (tertiary/aromatic N) is 2. The van der Waals surface area contributed by atoms with Crippen LogP contribution in [0.3, 0.4) is 0 Å². The van der Waals surface area contributed by atoms with E-state index < -0.39 is 18.0 Å². The molecule has 4 aliphatic heterocycles. The molecule has 2 amide bonds. The smallest absolute Gasteiger partial charge is 0.353 e. The van der Waals surface area contributed by atoms with E-state index in [0.717, 1.165) is 25.9 Å². The highest BCUT2D eigenvalue weighted by atomic mass is 32.2. The zero-order valence-corrected chi connectivity index (χ0v) is 16.9. The van der Waals surface area contributed by atoms with Gasteiger partial charge in [0.05, 0.1) is 24.1 Å². The molecule has 0 aromatic carbocycles. The summed E-state index contributed by atoms with van der Waals surface area (Å²) in [6.45, 7) is 5.77. The minimum Gasteiger partial charge on any atom is -0.477 e. The average Bonchev–Trinajstić information content (AvgIpc) is 3.35. The monoisotopic (exact) mass is 409 g/mol. The molecule has 0 spiro atoms. The largest absolute Gasteiger partial charge is 0.477 e. The van der Waals surface area contributed by atoms with Crippen LogP contribution >= 0.6 is 11.8 Å². The molecule has 0 aliphatic carbocycles. The Morgan fingerprint density at radius 3 is 2.57 bits per heavy atom. The fourth-order valence-electron chi connectivity index (χ4n) is 5.00. The van der Waals surface area contributed by atoms with E-state index in [0.29, 0.717) is 17.9 Å². The molecule has 0 radical (unpaired) electrons. The molecule has 3 N–H and O–H groups in total. The molecule has 28 heavy (non-hydrogen) atoms. The molecule has 9 heteroatoms. The Hall–Kier alpha value is -1.58. The Morgan fingerprint density at radius 2 is 1.96 bits per heavy atom. The minimum absolute atomic E-state index is 0.0544. The van der Waals surface area contributed by atoms with Crippen molar-refractivity contribution in [1.29, 1.82) is 0 Å². The fourth-order valence-corrected chi connectivity index (χ4v) is 6.48. The van der Waals surface area contributed by atoms with Crippen LogP contribution in [0.5, 0.6) is 0 Å². The second-order valence-corrected chi connectivity index (χ2v) is 9.58. The molecule has 154 valence electrons. The van der Waals surface area contributed by atoms with Crippen LogP contribution in [-0.2, 0) is 14.4 Å². The van der Waals surface area contributed by atoms with Gasteiger partial charge in [-0.15, -0.1) is 11.8 Å². The number of carboxylic acids is 1. The van der Waals surface area contributed by atoms with Gasteiger partial charge in [0, 0.05) is 35.7 Å². The number of carboxylic acid groups (broad SMARTS) is 1. The van der Waals surface area contributed by atoms with Crippen LogP contribution in [-0.4, -0.2) is 80.9 Å². The molecular weight excluding hydrogens is 382 g/mol. The number of aliphatic hydroxyl groups excluding tert-OH is 1. The van der Waals surface area contributed by atoms with E-state index in [1.807, 2.05) is 11.8 Å². The predicted octanol–water partition coefficient (Wildman–Crippen LogP) is 0.226. The van der Waals surface area contributed by atoms with Crippen LogP contribution in [0.15, 0.2) is 10.6 Å². The first-order valence-electron chi connectivity index (χ1n) is 9.98. The van der Waals surface area contributed by atoms with Crippen LogP contribution in [0.25, 0.3) is 0 Å². The number of carbonyl (C=O) groups is 3. The molecule has 4 aliphatic rings. The van der Waals surface area contributed by atoms with Gasteiger partial charge in [0.15, 0.2) is 0 Å². The topological polar surface area (TPSA) is 110 Å². The SMILES string of the molecule is C[C@H]1C(S[C@@H]2CN[C@H](C(=O)N3CCCC3)C2)=C(C(=O)O)N2C(=O)[C@H]([C@@H](C)O)C12. The number of hydrogen-bond donors (Lipinski definition) is 3. The number of β-lactam (4-membered cyclic amide) rings is 1. The lowest BCUT2D eigenvalue weighted by atomic mass is 9.79. The number of likely N-dealkylation sites (tertiary alicyclic amines) is 1. The molecule has 0 bridgehead atoms. The van der Waals surface area contributed by atoms with Crippen molar-refractivity contribution in [3.05, 3.63) is 10.6 Å². The fraction of sp³-hybridized carbons (Fsp3) is 0.737. The highest BCUT2D eigenvalue weighted by Gasteiger charge is 2.60. The Kier molecular flexibility index (Phi) is 5.18. The zero-order valence-electron chi connectivity index (χ0n) is 16.1. The van der Waals surface area contributed by atoms with Crippen molar-refractivity contribution >= 4 is 29.5 Å². The van der Waals surface area contributed by atoms with Crippen molar-refractivity contribution in [3.8, 4) is 0 Å². The normalized spacial score (nSPS) is 36.0. The second kappa shape index (κ2) is 7.35. The zero-order chi connectivity index (χ0) is 20.2. The van der Waals surface area contributed by atoms with Crippen molar-refractivity contribution < 1.29 is 24.6 Å². The summed E-state index contributed by atoms with van der Waals surface area (Å²) in [5.74, 6) is -1.97. The van der Waals surface area contributed by atoms with Crippen molar-refractivity contribution in [2.45, 2.75) is 56.5 Å². The lowest BCUT2D eigenvalue weighted by molar-refractivity contribution is -0.163. The third-order valence-corrected chi connectivity index (χ3v) is 7.92. The number of amides is 2. The molecule has 3 saturated heterocycles. The number of aliphatic hydroxyl groups is 1. The lowest BCUT2D eigenvalue weighted by Crippen LogP contribution is -2.63. The lowest BCUT2D eigenvalue weighted by Gasteiger charge is -2.46. The number of fused-ring (bicyclic) bond motifs is 1. The summed E-state index contributed by atoms with van der Waals surface area (Å²) in [6.07, 6.45) is 1.96. The molecule has 1 unspecified atom stereocenters. The van der Waals surface area contributed by atoms with Crippen LogP contribution < -0.4 is 5.32 Å². The molecule has 4 heterocycles. The molecule has 0 saturated carbocycles. The molecule has 0 aromatic heterocycles. The Bertz CT molecular complexity index is 733. The third-order valence-electron chi connectivity index (χ3n) is 6.41. The summed E-state index contributed by atoms with van der Waals surface area (Å²) in [7, 11) is 0. The molecule has 6 atom stereocenters. The van der Waals surface area contributed by atoms with E-state index in [-0.39, 0.29) is 40.8 Å². The summed E-state index contributed by atoms with van der Waals surface area (Å²) in [5.41, 5.74) is 0.0544. The van der Waals surface area contributed by atoms with Crippen molar-refractivity contribution in [1.82, 2.24) is 15.1 Å². The number of nitrogens with one attached hydrogen (secondary N) is 1. The highest BCUT2D eigenvalue weighted by Crippen LogP contribution is 2.51. The first kappa shape index (κ1) is 19.7. The average molecular weight is 410 g/mol. The van der Waals surface area contributed by atoms with Crippen molar-refractivity contribution in [2.75, 3.05) is 19.6 Å². The summed E-state index contributed by atoms with van der Waals surface area (Å²) in [5, 5.41) is 23.0. The highest BCUT2D eigenvalue weighted by molar-refractivity contribution is 8.03. The maximum Gasteiger partial charge on any atom is 0.353 e. The first-order chi connectivity index (χ1) is 13.3. The van der Waals surface area contributed by atoms with Crippen molar-refractivity contribution in [2.24, 2.45) is 11.8 Å². The Labute approximate surface area is 168 Å². The second-order valence-electron chi connectivity index (χ2n) is 8.24. The number of hydrogen-bond acceptors (Lipinski definition) is 6. The Balaban J connectivity index is 1.47. The van der Waals surface area contributed by atoms with E-state index in [1.165, 1.54) is 16.7 Å². The van der Waals surface area contributed by atoms with E-state index >= 15 is 0 Å². The van der Waals surface area contributed by atoms with Crippen LogP contribution in [0.2, 0.25) is 0 Å². The summed E-state index contributed by atoms with van der Waals surface area (Å²) < 4.78 is 0. The molecular formula is C19H27N3O5S. The molecule has 3 fully saturated rings. The van der Waals surface area contributed by atoms with Gasteiger partial charge in [-0.05, 0) is 26.2 Å². The third kappa shape index (κ3) is 3.04. The summed E-state index contributed by atoms with van der Waals surface area (Å²) >= 11 is 1.48. The van der Waals surface area contributed by atoms with Gasteiger partial charge in [0.2, 0.25) is 11.8 Å². The van der Waals surface area contributed by atoms with E-state index in [9.17, 15) is 24.6 Å². The van der Waals surface area contributed by atoms with Gasteiger partial charge < -0.3 is 25.3 Å². The minimum atomic E-state index is -1.11. The Morgan fingerprint density at radius 1 is 1.29 bits per heavy atom. The maximum absolute atomic E-state index is 12.6. The summed E-state index contributed by atoms with van der Waals surface area (Å²) in [4.78, 5) is 40.9. The van der Waals surface area contributed by atoms with Gasteiger partial charge in [0.1, 0.15) is 5.70 Å². The number of aliphatic carboxylic acids is 1. The number of carbonyl (C=O) groups excluding carboxylic acids is 2. The standard InChI is InChI=1S/C19H27N3O5S/c1-9-14-13(10(2)23)18(25)22(14)15(19(26)27)16(9)28-11-7-12(20-8-11)17(24)21-5-3-4-6-21/h9-14,20,23H,3-8H2,1-2H3,(H,26,27)/t9-,10-,11+,12+,13-,14?/m1/s1. The van der Waals surface area contributed by atoms with Crippen molar-refractivity contribution in [3.63, 3.8) is 0 Å². The number of rotatable bonds is 5. The van der Waals surface area contributed by atoms with Gasteiger partial charge in [-0.25, -0.2) is 4.79 Å². The number of thioether (sulfide) groups is 1. The van der Waals surface area contributed by atoms with Gasteiger partial charge >= 0.3 is 5.97 Å². The van der Waals surface area contributed by atoms with Gasteiger partial charge in [-0.2, -0.15) is 0 Å². The summed E-state index contributed by atoms with van der Waals surface area (Å²) in [6, 6.07) is -0.512. The molecule has 4 rings (SSSR count). The van der Waals surface area contributed by atoms with E-state index in [2.05, 4.69) is 5.32 Å². The van der Waals surface area contributed by atoms with E-state index in [4.69, 9.17) is 0 Å². The predicted molar refractivity (Wildman–Crippen MR) is 103 cm³/mol. The van der Waals surface area contributed by atoms with Gasteiger partial charge in [-0.3, -0.25) is 9.59 Å². The molecule has 0 aromatic rings. The van der Waals surface area contributed by atoms with Gasteiger partial charge in [-0.1, -0.05) is 6.92 Å². The quantitative estimate of drug-likeness (QED) is 0.558. The van der Waals surface area contributed by atoms with Gasteiger partial charge in [0.25, 0.3) is 0 Å². The van der Waals surface area contributed by atoms with E-state index in [1.54, 1.807) is 6.92 Å². The van der Waals surface area contributed by atoms with Crippen LogP contribution in [0.1, 0.15) is 33.1 Å². The maximum atomic E-state index is 12.6. The van der Waals surface area contributed by atoms with Crippen LogP contribution in [0.4, 0.5) is 0 Å². The van der Waals surface area contributed by atoms with Crippen LogP contribution in [0, 0.1) is 11.8 Å². The molecule has 8 nitrogen and oxygen atoms in total. The first-order valence-corrected chi connectivity index (χ1v) is 10.9.